The van der Waals surface area contributed by atoms with Gasteiger partial charge in [-0.3, -0.25) is 0 Å². The van der Waals surface area contributed by atoms with Crippen LogP contribution in [0.15, 0.2) is 12.4 Å². The van der Waals surface area contributed by atoms with Gasteiger partial charge in [0.15, 0.2) is 0 Å². The number of nitrogens with zero attached hydrogens (tertiary/aromatic N) is 2. The second kappa shape index (κ2) is 5.57. The van der Waals surface area contributed by atoms with Crippen molar-refractivity contribution in [1.82, 2.24) is 9.97 Å². The minimum Gasteiger partial charge on any atom is -0.665 e. The van der Waals surface area contributed by atoms with Crippen LogP contribution in [0.5, 0.6) is 0 Å². The van der Waals surface area contributed by atoms with E-state index in [1.807, 2.05) is 13.2 Å². The van der Waals surface area contributed by atoms with Gasteiger partial charge in [0.2, 0.25) is 0 Å². The quantitative estimate of drug-likeness (QED) is 0.767. The van der Waals surface area contributed by atoms with E-state index < -0.39 is 0 Å². The zero-order valence-corrected chi connectivity index (χ0v) is 7.44. The molecule has 10 heavy (non-hydrogen) atoms. The monoisotopic (exact) mass is 227 g/mol. The second-order valence-electron chi connectivity index (χ2n) is 1.83. The van der Waals surface area contributed by atoms with Crippen LogP contribution in [0.4, 0.5) is 0 Å². The summed E-state index contributed by atoms with van der Waals surface area (Å²) < 4.78 is 0. The predicted octanol–water partition coefficient (Wildman–Crippen LogP) is 0.953. The normalized spacial score (nSPS) is 8.90. The number of rotatable bonds is 3. The average molecular weight is 227 g/mol. The smallest absolute Gasteiger partial charge is 0.104 e. The fourth-order valence-electron chi connectivity index (χ4n) is 0.652. The van der Waals surface area contributed by atoms with E-state index >= 15 is 0 Å². The van der Waals surface area contributed by atoms with Gasteiger partial charge in [0.25, 0.3) is 0 Å². The molecule has 4 heteroatoms. The van der Waals surface area contributed by atoms with Crippen LogP contribution in [0.25, 0.3) is 5.32 Å². The van der Waals surface area contributed by atoms with Crippen molar-refractivity contribution in [2.75, 3.05) is 13.6 Å². The molecule has 0 atom stereocenters. The molecule has 1 heterocycles. The molecule has 0 amide bonds. The van der Waals surface area contributed by atoms with Crippen LogP contribution in [0.2, 0.25) is 0 Å². The van der Waals surface area contributed by atoms with Gasteiger partial charge in [-0.15, -0.1) is 6.54 Å². The molecule has 0 fully saturated rings. The Morgan fingerprint density at radius 3 is 3.00 bits per heavy atom. The summed E-state index contributed by atoms with van der Waals surface area (Å²) in [6, 6.07) is 0. The van der Waals surface area contributed by atoms with Gasteiger partial charge in [-0.1, -0.05) is 0 Å². The first-order valence-corrected chi connectivity index (χ1v) is 2.97. The van der Waals surface area contributed by atoms with Crippen LogP contribution in [0, 0.1) is 0 Å². The Bertz CT molecular complexity index is 150. The topological polar surface area (TPSA) is 42.8 Å². The average Bonchev–Trinajstić information content (AvgIpc) is 2.34. The zero-order valence-electron chi connectivity index (χ0n) is 5.80. The van der Waals surface area contributed by atoms with E-state index in [1.165, 1.54) is 0 Å². The van der Waals surface area contributed by atoms with Crippen LogP contribution < -0.4 is 0 Å². The number of H-pyrrole nitrogens is 1. The van der Waals surface area contributed by atoms with Gasteiger partial charge in [0.1, 0.15) is 5.82 Å². The Balaban J connectivity index is 0.000000810. The van der Waals surface area contributed by atoms with E-state index in [9.17, 15) is 0 Å². The van der Waals surface area contributed by atoms with E-state index in [4.69, 9.17) is 0 Å². The molecule has 1 N–H and O–H groups in total. The molecule has 1 aromatic rings. The van der Waals surface area contributed by atoms with Crippen molar-refractivity contribution in [2.24, 2.45) is 0 Å². The zero-order chi connectivity index (χ0) is 6.53. The number of hydrogen-bond acceptors (Lipinski definition) is 1. The number of hydrogen-bond donors (Lipinski definition) is 1. The van der Waals surface area contributed by atoms with E-state index in [0.29, 0.717) is 0 Å². The molecular formula is C6H10N3Rh-. The molecule has 1 rings (SSSR count). The Hall–Kier alpha value is -0.207. The summed E-state index contributed by atoms with van der Waals surface area (Å²) in [7, 11) is 1.81. The minimum absolute atomic E-state index is 0. The van der Waals surface area contributed by atoms with Gasteiger partial charge in [0, 0.05) is 31.9 Å². The summed E-state index contributed by atoms with van der Waals surface area (Å²) in [6.45, 7) is 0.855. The summed E-state index contributed by atoms with van der Waals surface area (Å²) in [6.07, 6.45) is 4.50. The SMILES string of the molecule is C[N-]CCc1ncc[nH]1.[Rh]. The molecule has 0 aliphatic carbocycles. The molecule has 59 valence electrons. The Morgan fingerprint density at radius 2 is 2.50 bits per heavy atom. The number of imidazole rings is 1. The van der Waals surface area contributed by atoms with Gasteiger partial charge < -0.3 is 10.3 Å². The van der Waals surface area contributed by atoms with Crippen molar-refractivity contribution in [3.05, 3.63) is 23.5 Å². The van der Waals surface area contributed by atoms with Gasteiger partial charge in [-0.2, -0.15) is 7.05 Å². The van der Waals surface area contributed by atoms with Gasteiger partial charge >= 0.3 is 0 Å². The first-order valence-electron chi connectivity index (χ1n) is 2.97. The molecule has 1 radical (unpaired) electrons. The standard InChI is InChI=1S/C6H10N3.Rh/c1-7-3-2-6-8-4-5-9-6;/h4-5H,2-3H2,1H3,(H,8,9);/q-1;. The Labute approximate surface area is 73.4 Å². The number of aromatic amines is 1. The Morgan fingerprint density at radius 1 is 1.70 bits per heavy atom. The maximum absolute atomic E-state index is 4.04. The summed E-state index contributed by atoms with van der Waals surface area (Å²) in [4.78, 5) is 7.04. The van der Waals surface area contributed by atoms with Crippen molar-refractivity contribution in [1.29, 1.82) is 0 Å². The van der Waals surface area contributed by atoms with Crippen LogP contribution in [0.3, 0.4) is 0 Å². The van der Waals surface area contributed by atoms with Crippen molar-refractivity contribution in [3.8, 4) is 0 Å². The third kappa shape index (κ3) is 3.09. The molecule has 0 saturated carbocycles. The van der Waals surface area contributed by atoms with E-state index in [2.05, 4.69) is 15.3 Å². The van der Waals surface area contributed by atoms with Crippen molar-refractivity contribution in [2.45, 2.75) is 6.42 Å². The third-order valence-corrected chi connectivity index (χ3v) is 1.13. The summed E-state index contributed by atoms with van der Waals surface area (Å²) in [5.74, 6) is 1.01. The predicted molar refractivity (Wildman–Crippen MR) is 36.4 cm³/mol. The molecular weight excluding hydrogens is 217 g/mol. The molecule has 1 aromatic heterocycles. The minimum atomic E-state index is 0. The first-order chi connectivity index (χ1) is 4.43. The number of aromatic nitrogens is 2. The van der Waals surface area contributed by atoms with Gasteiger partial charge in [-0.05, 0) is 6.42 Å². The molecule has 0 aliphatic heterocycles. The maximum Gasteiger partial charge on any atom is 0.104 e. The van der Waals surface area contributed by atoms with E-state index in [1.54, 1.807) is 6.20 Å². The maximum atomic E-state index is 4.04. The molecule has 3 nitrogen and oxygen atoms in total. The van der Waals surface area contributed by atoms with Crippen LogP contribution in [-0.2, 0) is 25.9 Å². The molecule has 0 aliphatic rings. The van der Waals surface area contributed by atoms with Crippen molar-refractivity contribution < 1.29 is 19.5 Å². The van der Waals surface area contributed by atoms with Crippen LogP contribution >= 0.6 is 0 Å². The number of likely N-dealkylation sites (N-methyl/N-ethyl adjacent to an activating group) is 1. The fourth-order valence-corrected chi connectivity index (χ4v) is 0.652. The molecule has 0 unspecified atom stereocenters. The summed E-state index contributed by atoms with van der Waals surface area (Å²) >= 11 is 0. The van der Waals surface area contributed by atoms with Gasteiger partial charge in [0.05, 0.1) is 0 Å². The molecule has 0 aromatic carbocycles. The first kappa shape index (κ1) is 9.79. The van der Waals surface area contributed by atoms with Crippen molar-refractivity contribution >= 4 is 0 Å². The summed E-state index contributed by atoms with van der Waals surface area (Å²) in [5.41, 5.74) is 0. The molecule has 0 bridgehead atoms. The fraction of sp³-hybridized carbons (Fsp3) is 0.500. The van der Waals surface area contributed by atoms with E-state index in [0.717, 1.165) is 18.8 Å². The van der Waals surface area contributed by atoms with Gasteiger partial charge in [-0.25, -0.2) is 4.98 Å². The summed E-state index contributed by atoms with van der Waals surface area (Å²) in [5, 5.41) is 3.95. The molecule has 0 saturated heterocycles. The largest absolute Gasteiger partial charge is 0.665 e. The molecule has 0 spiro atoms. The second-order valence-corrected chi connectivity index (χ2v) is 1.83. The number of nitrogens with one attached hydrogen (secondary N) is 1. The van der Waals surface area contributed by atoms with Crippen LogP contribution in [0.1, 0.15) is 5.82 Å². The Kier molecular flexibility index (Phi) is 5.45. The third-order valence-electron chi connectivity index (χ3n) is 1.13. The van der Waals surface area contributed by atoms with Crippen molar-refractivity contribution in [3.63, 3.8) is 0 Å². The van der Waals surface area contributed by atoms with E-state index in [-0.39, 0.29) is 19.5 Å². The van der Waals surface area contributed by atoms with Crippen LogP contribution in [-0.4, -0.2) is 23.6 Å².